The molecule has 1 atom stereocenters. The number of guanidine groups is 1. The minimum atomic E-state index is 0. The summed E-state index contributed by atoms with van der Waals surface area (Å²) in [5, 5.41) is 6.71. The van der Waals surface area contributed by atoms with E-state index < -0.39 is 0 Å². The maximum Gasteiger partial charge on any atom is 0.191 e. The van der Waals surface area contributed by atoms with E-state index in [1.807, 2.05) is 18.8 Å². The van der Waals surface area contributed by atoms with Gasteiger partial charge in [-0.05, 0) is 52.0 Å². The fourth-order valence-electron chi connectivity index (χ4n) is 2.63. The Morgan fingerprint density at radius 3 is 2.67 bits per heavy atom. The van der Waals surface area contributed by atoms with Gasteiger partial charge in [0, 0.05) is 31.9 Å². The first-order valence-electron chi connectivity index (χ1n) is 7.95. The van der Waals surface area contributed by atoms with Gasteiger partial charge in [-0.1, -0.05) is 6.42 Å². The number of thioether (sulfide) groups is 1. The third-order valence-electron chi connectivity index (χ3n) is 3.93. The predicted octanol–water partition coefficient (Wildman–Crippen LogP) is 2.79. The van der Waals surface area contributed by atoms with Crippen LogP contribution in [0.2, 0.25) is 0 Å². The number of piperidine rings is 1. The van der Waals surface area contributed by atoms with Crippen molar-refractivity contribution in [2.24, 2.45) is 4.99 Å². The molecule has 0 aromatic heterocycles. The van der Waals surface area contributed by atoms with Crippen LogP contribution in [-0.4, -0.2) is 62.1 Å². The molecule has 126 valence electrons. The lowest BCUT2D eigenvalue weighted by Gasteiger charge is -2.33. The quantitative estimate of drug-likeness (QED) is 0.270. The highest BCUT2D eigenvalue weighted by molar-refractivity contribution is 14.0. The fourth-order valence-corrected chi connectivity index (χ4v) is 2.93. The molecule has 1 fully saturated rings. The van der Waals surface area contributed by atoms with Gasteiger partial charge < -0.3 is 15.5 Å². The second-order valence-electron chi connectivity index (χ2n) is 5.51. The molecule has 0 aromatic carbocycles. The van der Waals surface area contributed by atoms with Crippen molar-refractivity contribution in [3.8, 4) is 0 Å². The van der Waals surface area contributed by atoms with Crippen molar-refractivity contribution in [3.05, 3.63) is 0 Å². The molecule has 6 heteroatoms. The number of halogens is 1. The minimum absolute atomic E-state index is 0. The molecule has 0 aliphatic carbocycles. The molecule has 1 aliphatic heterocycles. The van der Waals surface area contributed by atoms with Crippen LogP contribution in [0.15, 0.2) is 4.99 Å². The number of hydrogen-bond acceptors (Lipinski definition) is 3. The SMILES string of the molecule is CN=C(NCCCCN1CCCCC1C)NCCSC.I. The van der Waals surface area contributed by atoms with Crippen LogP contribution in [0.4, 0.5) is 0 Å². The van der Waals surface area contributed by atoms with Gasteiger partial charge in [-0.2, -0.15) is 11.8 Å². The number of rotatable bonds is 8. The molecule has 1 aliphatic rings. The Bertz CT molecular complexity index is 276. The summed E-state index contributed by atoms with van der Waals surface area (Å²) in [5.41, 5.74) is 0. The molecule has 0 amide bonds. The number of aliphatic imine (C=N–C) groups is 1. The van der Waals surface area contributed by atoms with Crippen LogP contribution >= 0.6 is 35.7 Å². The van der Waals surface area contributed by atoms with Crippen molar-refractivity contribution in [1.82, 2.24) is 15.5 Å². The second-order valence-corrected chi connectivity index (χ2v) is 6.49. The zero-order valence-corrected chi connectivity index (χ0v) is 17.0. The van der Waals surface area contributed by atoms with E-state index >= 15 is 0 Å². The topological polar surface area (TPSA) is 39.7 Å². The summed E-state index contributed by atoms with van der Waals surface area (Å²) < 4.78 is 0. The van der Waals surface area contributed by atoms with Gasteiger partial charge in [-0.3, -0.25) is 4.99 Å². The molecule has 2 N–H and O–H groups in total. The molecule has 0 saturated carbocycles. The van der Waals surface area contributed by atoms with Gasteiger partial charge in [0.2, 0.25) is 0 Å². The summed E-state index contributed by atoms with van der Waals surface area (Å²) in [4.78, 5) is 6.88. The van der Waals surface area contributed by atoms with Crippen LogP contribution < -0.4 is 10.6 Å². The third-order valence-corrected chi connectivity index (χ3v) is 4.54. The Labute approximate surface area is 152 Å². The van der Waals surface area contributed by atoms with Gasteiger partial charge in [0.15, 0.2) is 5.96 Å². The Balaban J connectivity index is 0.00000400. The molecule has 4 nitrogen and oxygen atoms in total. The zero-order valence-electron chi connectivity index (χ0n) is 13.9. The standard InChI is InChI=1S/C15H32N4S.HI/c1-14-8-4-6-11-19(14)12-7-5-9-17-15(16-2)18-10-13-20-3;/h14H,4-13H2,1-3H3,(H2,16,17,18);1H. The molecule has 0 radical (unpaired) electrons. The molecule has 0 aromatic rings. The van der Waals surface area contributed by atoms with E-state index in [1.54, 1.807) is 0 Å². The van der Waals surface area contributed by atoms with Crippen LogP contribution in [0.1, 0.15) is 39.0 Å². The second kappa shape index (κ2) is 13.9. The smallest absolute Gasteiger partial charge is 0.191 e. The van der Waals surface area contributed by atoms with Gasteiger partial charge in [0.05, 0.1) is 0 Å². The minimum Gasteiger partial charge on any atom is -0.356 e. The van der Waals surface area contributed by atoms with Crippen molar-refractivity contribution in [1.29, 1.82) is 0 Å². The summed E-state index contributed by atoms with van der Waals surface area (Å²) in [6.07, 6.45) is 8.79. The first kappa shape index (κ1) is 21.3. The maximum absolute atomic E-state index is 4.23. The first-order chi connectivity index (χ1) is 9.77. The van der Waals surface area contributed by atoms with E-state index in [-0.39, 0.29) is 24.0 Å². The summed E-state index contributed by atoms with van der Waals surface area (Å²) in [7, 11) is 1.84. The van der Waals surface area contributed by atoms with Crippen LogP contribution in [0.25, 0.3) is 0 Å². The molecule has 0 spiro atoms. The van der Waals surface area contributed by atoms with Gasteiger partial charge in [0.25, 0.3) is 0 Å². The predicted molar refractivity (Wildman–Crippen MR) is 107 cm³/mol. The summed E-state index contributed by atoms with van der Waals surface area (Å²) in [5.74, 6) is 2.05. The lowest BCUT2D eigenvalue weighted by molar-refractivity contribution is 0.158. The third kappa shape index (κ3) is 9.84. The molecular formula is C15H33IN4S. The Kier molecular flexibility index (Phi) is 14.1. The number of hydrogen-bond donors (Lipinski definition) is 2. The Morgan fingerprint density at radius 2 is 2.00 bits per heavy atom. The van der Waals surface area contributed by atoms with Crippen LogP contribution in [0.3, 0.4) is 0 Å². The molecule has 0 bridgehead atoms. The number of nitrogens with one attached hydrogen (secondary N) is 2. The summed E-state index contributed by atoms with van der Waals surface area (Å²) in [6, 6.07) is 0.790. The van der Waals surface area contributed by atoms with Crippen molar-refractivity contribution in [2.45, 2.75) is 45.1 Å². The van der Waals surface area contributed by atoms with Crippen molar-refractivity contribution < 1.29 is 0 Å². The van der Waals surface area contributed by atoms with Crippen LogP contribution in [0, 0.1) is 0 Å². The molecule has 21 heavy (non-hydrogen) atoms. The van der Waals surface area contributed by atoms with E-state index in [1.165, 1.54) is 45.2 Å². The number of unbranched alkanes of at least 4 members (excludes halogenated alkanes) is 1. The van der Waals surface area contributed by atoms with Crippen molar-refractivity contribution >= 4 is 41.7 Å². The van der Waals surface area contributed by atoms with E-state index in [0.29, 0.717) is 0 Å². The largest absolute Gasteiger partial charge is 0.356 e. The molecule has 1 rings (SSSR count). The van der Waals surface area contributed by atoms with E-state index in [9.17, 15) is 0 Å². The van der Waals surface area contributed by atoms with Gasteiger partial charge >= 0.3 is 0 Å². The highest BCUT2D eigenvalue weighted by Gasteiger charge is 2.16. The van der Waals surface area contributed by atoms with Gasteiger partial charge in [-0.15, -0.1) is 24.0 Å². The lowest BCUT2D eigenvalue weighted by Crippen LogP contribution is -2.40. The maximum atomic E-state index is 4.23. The molecule has 1 heterocycles. The van der Waals surface area contributed by atoms with E-state index in [4.69, 9.17) is 0 Å². The average Bonchev–Trinajstić information content (AvgIpc) is 2.47. The number of nitrogens with zero attached hydrogens (tertiary/aromatic N) is 2. The van der Waals surface area contributed by atoms with Crippen LogP contribution in [0.5, 0.6) is 0 Å². The van der Waals surface area contributed by atoms with Crippen molar-refractivity contribution in [2.75, 3.05) is 45.2 Å². The van der Waals surface area contributed by atoms with E-state index in [0.717, 1.165) is 30.8 Å². The molecular weight excluding hydrogens is 395 g/mol. The fraction of sp³-hybridized carbons (Fsp3) is 0.933. The molecule has 1 unspecified atom stereocenters. The van der Waals surface area contributed by atoms with Gasteiger partial charge in [-0.25, -0.2) is 0 Å². The lowest BCUT2D eigenvalue weighted by atomic mass is 10.0. The summed E-state index contributed by atoms with van der Waals surface area (Å²) >= 11 is 1.85. The van der Waals surface area contributed by atoms with Gasteiger partial charge in [0.1, 0.15) is 0 Å². The normalized spacial score (nSPS) is 20.0. The Morgan fingerprint density at radius 1 is 1.24 bits per heavy atom. The molecule has 1 saturated heterocycles. The van der Waals surface area contributed by atoms with E-state index in [2.05, 4.69) is 33.7 Å². The van der Waals surface area contributed by atoms with Crippen LogP contribution in [-0.2, 0) is 0 Å². The summed E-state index contributed by atoms with van der Waals surface area (Å²) in [6.45, 7) is 6.91. The monoisotopic (exact) mass is 428 g/mol. The first-order valence-corrected chi connectivity index (χ1v) is 9.34. The zero-order chi connectivity index (χ0) is 14.6. The highest BCUT2D eigenvalue weighted by atomic mass is 127. The number of likely N-dealkylation sites (tertiary alicyclic amines) is 1. The van der Waals surface area contributed by atoms with Crippen molar-refractivity contribution in [3.63, 3.8) is 0 Å². The Hall–Kier alpha value is 0.310. The highest BCUT2D eigenvalue weighted by Crippen LogP contribution is 2.16. The average molecular weight is 428 g/mol.